The molecular formula is Cl2Mn2. The van der Waals surface area contributed by atoms with E-state index in [0.29, 0.717) is 0 Å². The molecule has 0 fully saturated rings. The summed E-state index contributed by atoms with van der Waals surface area (Å²) >= 11 is 0.00694. The zero-order chi connectivity index (χ0) is 2.71. The zero-order valence-corrected chi connectivity index (χ0v) is 5.38. The first-order chi connectivity index (χ1) is 1.41. The second kappa shape index (κ2) is 8.82. The fraction of sp³-hybridized carbons (Fsp3) is 0. The van der Waals surface area contributed by atoms with E-state index < -0.39 is 0 Å². The third kappa shape index (κ3) is 9.47. The van der Waals surface area contributed by atoms with Crippen LogP contribution in [-0.4, -0.2) is 0 Å². The molecule has 0 heterocycles. The second-order valence-corrected chi connectivity index (χ2v) is 2.00. The van der Waals surface area contributed by atoms with Crippen molar-refractivity contribution in [1.82, 2.24) is 0 Å². The van der Waals surface area contributed by atoms with E-state index >= 15 is 0 Å². The molecule has 0 spiro atoms. The molecule has 0 amide bonds. The van der Waals surface area contributed by atoms with E-state index in [0.717, 1.165) is 0 Å². The van der Waals surface area contributed by atoms with Gasteiger partial charge in [0.15, 0.2) is 0 Å². The quantitative estimate of drug-likeness (QED) is 0.495. The van der Waals surface area contributed by atoms with Crippen LogP contribution in [0.5, 0.6) is 0 Å². The van der Waals surface area contributed by atoms with Crippen molar-refractivity contribution < 1.29 is 30.2 Å². The van der Waals surface area contributed by atoms with Crippen molar-refractivity contribution in [2.75, 3.05) is 0 Å². The Kier molecular flexibility index (Phi) is 20.2. The number of halogens is 2. The molecule has 0 aliphatic heterocycles. The first kappa shape index (κ1) is 9.15. The third-order valence-electron chi connectivity index (χ3n) is 0. The molecule has 0 rings (SSSR count). The fourth-order valence-electron chi connectivity index (χ4n) is 0. The van der Waals surface area contributed by atoms with E-state index in [-0.39, 0.29) is 30.2 Å². The topological polar surface area (TPSA) is 0 Å². The fourth-order valence-corrected chi connectivity index (χ4v) is 0. The van der Waals surface area contributed by atoms with E-state index in [2.05, 4.69) is 0 Å². The van der Waals surface area contributed by atoms with E-state index in [4.69, 9.17) is 20.2 Å². The molecule has 0 aromatic carbocycles. The van der Waals surface area contributed by atoms with Gasteiger partial charge in [0.25, 0.3) is 0 Å². The normalized spacial score (nSPS) is 4.50. The van der Waals surface area contributed by atoms with Crippen LogP contribution in [0.1, 0.15) is 0 Å². The Morgan fingerprint density at radius 1 is 1.25 bits per heavy atom. The van der Waals surface area contributed by atoms with Crippen LogP contribution in [0.4, 0.5) is 0 Å². The van der Waals surface area contributed by atoms with Crippen LogP contribution in [0, 0.1) is 0 Å². The summed E-state index contributed by atoms with van der Waals surface area (Å²) in [4.78, 5) is 0. The Morgan fingerprint density at radius 2 is 1.25 bits per heavy atom. The molecule has 0 aliphatic rings. The maximum atomic E-state index is 4.80. The molecule has 0 saturated carbocycles. The van der Waals surface area contributed by atoms with Gasteiger partial charge in [0.2, 0.25) is 0 Å². The van der Waals surface area contributed by atoms with Crippen LogP contribution in [0.15, 0.2) is 0 Å². The molecule has 0 bridgehead atoms. The summed E-state index contributed by atoms with van der Waals surface area (Å²) in [5.74, 6) is 0. The molecular weight excluding hydrogens is 181 g/mol. The van der Waals surface area contributed by atoms with Crippen LogP contribution in [0.3, 0.4) is 0 Å². The van der Waals surface area contributed by atoms with E-state index in [9.17, 15) is 0 Å². The minimum absolute atomic E-state index is 0. The van der Waals surface area contributed by atoms with Gasteiger partial charge >= 0.3 is 33.3 Å². The van der Waals surface area contributed by atoms with Gasteiger partial charge < -0.3 is 0 Å². The predicted octanol–water partition coefficient (Wildman–Crippen LogP) is 1.37. The molecule has 0 aliphatic carbocycles. The van der Waals surface area contributed by atoms with E-state index in [1.54, 1.807) is 0 Å². The van der Waals surface area contributed by atoms with Gasteiger partial charge in [-0.1, -0.05) is 0 Å². The van der Waals surface area contributed by atoms with Gasteiger partial charge in [0.05, 0.1) is 0 Å². The zero-order valence-electron chi connectivity index (χ0n) is 1.51. The molecule has 0 atom stereocenters. The van der Waals surface area contributed by atoms with Crippen LogP contribution >= 0.6 is 20.2 Å². The molecule has 0 nitrogen and oxygen atoms in total. The maximum absolute atomic E-state index is 4.80. The standard InChI is InChI=1S/2ClH.2Mn/h2*1H;;/q;;;+2/p-2. The van der Waals surface area contributed by atoms with Crippen LogP contribution < -0.4 is 0 Å². The van der Waals surface area contributed by atoms with Gasteiger partial charge in [-0.3, -0.25) is 0 Å². The number of rotatable bonds is 0. The summed E-state index contributed by atoms with van der Waals surface area (Å²) in [6.45, 7) is 0. The van der Waals surface area contributed by atoms with Crippen LogP contribution in [-0.2, 0) is 30.2 Å². The average Bonchev–Trinajstić information content (AvgIpc) is 0.918. The Balaban J connectivity index is 0. The molecule has 0 N–H and O–H groups in total. The van der Waals surface area contributed by atoms with Crippen LogP contribution in [0.25, 0.3) is 0 Å². The Bertz CT molecular complexity index is 4.00. The summed E-state index contributed by atoms with van der Waals surface area (Å²) in [5, 5.41) is 0. The van der Waals surface area contributed by atoms with Crippen molar-refractivity contribution >= 4 is 20.2 Å². The number of hydrogen-bond acceptors (Lipinski definition) is 0. The molecule has 1 radical (unpaired) electrons. The summed E-state index contributed by atoms with van der Waals surface area (Å²) in [6, 6.07) is 0. The average molecular weight is 181 g/mol. The first-order valence-corrected chi connectivity index (χ1v) is 3.53. The monoisotopic (exact) mass is 180 g/mol. The molecule has 0 saturated heterocycles. The Morgan fingerprint density at radius 3 is 1.25 bits per heavy atom. The minimum Gasteiger partial charge on any atom is 0 e. The van der Waals surface area contributed by atoms with Gasteiger partial charge in [0.1, 0.15) is 0 Å². The van der Waals surface area contributed by atoms with Gasteiger partial charge in [0, 0.05) is 17.1 Å². The van der Waals surface area contributed by atoms with Crippen molar-refractivity contribution in [3.63, 3.8) is 0 Å². The van der Waals surface area contributed by atoms with Crippen molar-refractivity contribution in [3.8, 4) is 0 Å². The summed E-state index contributed by atoms with van der Waals surface area (Å²) in [6.07, 6.45) is 0. The predicted molar refractivity (Wildman–Crippen MR) is 11.7 cm³/mol. The molecule has 4 heavy (non-hydrogen) atoms. The molecule has 4 heteroatoms. The van der Waals surface area contributed by atoms with E-state index in [1.165, 1.54) is 0 Å². The summed E-state index contributed by atoms with van der Waals surface area (Å²) < 4.78 is 0. The van der Waals surface area contributed by atoms with Gasteiger partial charge in [-0.2, -0.15) is 0 Å². The Hall–Kier alpha value is 1.62. The largest absolute Gasteiger partial charge is 0 e. The molecule has 0 unspecified atom stereocenters. The number of hydrogen-bond donors (Lipinski definition) is 0. The van der Waals surface area contributed by atoms with Gasteiger partial charge in [-0.05, 0) is 0 Å². The molecule has 0 aromatic heterocycles. The van der Waals surface area contributed by atoms with Gasteiger partial charge in [-0.15, -0.1) is 0 Å². The third-order valence-corrected chi connectivity index (χ3v) is 0. The minimum atomic E-state index is 0. The van der Waals surface area contributed by atoms with Crippen molar-refractivity contribution in [2.24, 2.45) is 0 Å². The van der Waals surface area contributed by atoms with Gasteiger partial charge in [-0.25, -0.2) is 0 Å². The molecule has 0 aromatic rings. The summed E-state index contributed by atoms with van der Waals surface area (Å²) in [7, 11) is 9.59. The van der Waals surface area contributed by atoms with Crippen molar-refractivity contribution in [1.29, 1.82) is 0 Å². The Labute approximate surface area is 50.3 Å². The SMILES string of the molecule is [Cl][Mn][Cl].[Mn]. The summed E-state index contributed by atoms with van der Waals surface area (Å²) in [5.41, 5.74) is 0. The second-order valence-electron chi connectivity index (χ2n) is 0.0540. The first-order valence-electron chi connectivity index (χ1n) is 0.286. The smallest absolute Gasteiger partial charge is 0 e. The van der Waals surface area contributed by atoms with E-state index in [1.807, 2.05) is 0 Å². The van der Waals surface area contributed by atoms with Crippen molar-refractivity contribution in [2.45, 2.75) is 0 Å². The van der Waals surface area contributed by atoms with Crippen molar-refractivity contribution in [3.05, 3.63) is 0 Å². The maximum Gasteiger partial charge on any atom is 0 e. The molecule has 28 valence electrons. The van der Waals surface area contributed by atoms with Crippen LogP contribution in [0.2, 0.25) is 0 Å².